The maximum Gasteiger partial charge on any atom is 0.137 e. The van der Waals surface area contributed by atoms with Crippen LogP contribution in [0, 0.1) is 6.92 Å². The number of rotatable bonds is 1. The lowest BCUT2D eigenvalue weighted by molar-refractivity contribution is 0.208. The number of pyridine rings is 1. The average molecular weight is 244 g/mol. The maximum absolute atomic E-state index is 6.21. The number of fused-ring (bicyclic) bond motifs is 1. The van der Waals surface area contributed by atoms with Crippen molar-refractivity contribution in [2.24, 2.45) is 5.84 Å². The van der Waals surface area contributed by atoms with Crippen LogP contribution >= 0.6 is 0 Å². The molecule has 18 heavy (non-hydrogen) atoms. The summed E-state index contributed by atoms with van der Waals surface area (Å²) in [5.41, 5.74) is 3.55. The van der Waals surface area contributed by atoms with Gasteiger partial charge in [0.1, 0.15) is 5.65 Å². The number of H-pyrrole nitrogens is 1. The van der Waals surface area contributed by atoms with E-state index in [-0.39, 0.29) is 0 Å². The number of aromatic amines is 1. The van der Waals surface area contributed by atoms with Crippen molar-refractivity contribution in [2.75, 3.05) is 6.54 Å². The molecule has 3 rings (SSSR count). The van der Waals surface area contributed by atoms with Gasteiger partial charge >= 0.3 is 0 Å². The zero-order valence-electron chi connectivity index (χ0n) is 10.8. The highest BCUT2D eigenvalue weighted by molar-refractivity contribution is 5.83. The quantitative estimate of drug-likeness (QED) is 0.758. The Labute approximate surface area is 107 Å². The summed E-state index contributed by atoms with van der Waals surface area (Å²) in [4.78, 5) is 7.67. The molecule has 0 spiro atoms. The molecule has 3 N–H and O–H groups in total. The molecule has 2 aromatic heterocycles. The zero-order valence-corrected chi connectivity index (χ0v) is 10.8. The molecular weight excluding hydrogens is 224 g/mol. The molecule has 4 nitrogen and oxygen atoms in total. The standard InChI is InChI=1S/C14H20N4/c1-10-6-7-16-14-13(10)11(9-17-14)12-5-3-2-4-8-18(12)15/h6-7,9,12H,2-5,8,15H2,1H3,(H,16,17). The molecule has 0 radical (unpaired) electrons. The first-order valence-electron chi connectivity index (χ1n) is 6.71. The van der Waals surface area contributed by atoms with Crippen molar-refractivity contribution < 1.29 is 0 Å². The Kier molecular flexibility index (Phi) is 3.06. The van der Waals surface area contributed by atoms with E-state index in [1.807, 2.05) is 11.2 Å². The van der Waals surface area contributed by atoms with Gasteiger partial charge in [-0.1, -0.05) is 12.8 Å². The van der Waals surface area contributed by atoms with Gasteiger partial charge < -0.3 is 4.98 Å². The first-order valence-corrected chi connectivity index (χ1v) is 6.71. The predicted octanol–water partition coefficient (Wildman–Crippen LogP) is 2.66. The summed E-state index contributed by atoms with van der Waals surface area (Å²) in [5.74, 6) is 6.21. The molecule has 2 aromatic rings. The van der Waals surface area contributed by atoms with Crippen LogP contribution in [0.2, 0.25) is 0 Å². The van der Waals surface area contributed by atoms with Crippen molar-refractivity contribution in [1.29, 1.82) is 0 Å². The SMILES string of the molecule is Cc1ccnc2[nH]cc(C3CCCCCN3N)c12. The summed E-state index contributed by atoms with van der Waals surface area (Å²) >= 11 is 0. The van der Waals surface area contributed by atoms with Crippen molar-refractivity contribution >= 4 is 11.0 Å². The highest BCUT2D eigenvalue weighted by Gasteiger charge is 2.23. The minimum Gasteiger partial charge on any atom is -0.346 e. The van der Waals surface area contributed by atoms with E-state index < -0.39 is 0 Å². The topological polar surface area (TPSA) is 57.9 Å². The van der Waals surface area contributed by atoms with E-state index in [2.05, 4.69) is 29.2 Å². The Morgan fingerprint density at radius 1 is 1.39 bits per heavy atom. The number of hydrogen-bond acceptors (Lipinski definition) is 3. The summed E-state index contributed by atoms with van der Waals surface area (Å²) in [7, 11) is 0. The number of hydrogen-bond donors (Lipinski definition) is 2. The Balaban J connectivity index is 2.07. The molecule has 1 saturated heterocycles. The van der Waals surface area contributed by atoms with Gasteiger partial charge in [0.05, 0.1) is 6.04 Å². The highest BCUT2D eigenvalue weighted by atomic mass is 15.4. The van der Waals surface area contributed by atoms with Gasteiger partial charge in [-0.3, -0.25) is 5.84 Å². The van der Waals surface area contributed by atoms with Crippen molar-refractivity contribution in [2.45, 2.75) is 38.6 Å². The van der Waals surface area contributed by atoms with Crippen LogP contribution in [0.4, 0.5) is 0 Å². The van der Waals surface area contributed by atoms with E-state index >= 15 is 0 Å². The summed E-state index contributed by atoms with van der Waals surface area (Å²) in [6.07, 6.45) is 8.81. The molecule has 1 unspecified atom stereocenters. The summed E-state index contributed by atoms with van der Waals surface area (Å²) < 4.78 is 0. The van der Waals surface area contributed by atoms with Crippen LogP contribution in [0.3, 0.4) is 0 Å². The van der Waals surface area contributed by atoms with Crippen LogP contribution in [0.25, 0.3) is 11.0 Å². The minimum absolute atomic E-state index is 0.323. The first kappa shape index (κ1) is 11.7. The number of aryl methyl sites for hydroxylation is 1. The van der Waals surface area contributed by atoms with Crippen molar-refractivity contribution in [3.05, 3.63) is 29.6 Å². The van der Waals surface area contributed by atoms with Crippen LogP contribution in [-0.2, 0) is 0 Å². The lowest BCUT2D eigenvalue weighted by Crippen LogP contribution is -2.34. The largest absolute Gasteiger partial charge is 0.346 e. The fourth-order valence-electron chi connectivity index (χ4n) is 2.98. The number of nitrogens with two attached hydrogens (primary N) is 1. The molecule has 0 aliphatic carbocycles. The van der Waals surface area contributed by atoms with Crippen molar-refractivity contribution in [3.63, 3.8) is 0 Å². The number of nitrogens with one attached hydrogen (secondary N) is 1. The number of aromatic nitrogens is 2. The van der Waals surface area contributed by atoms with E-state index in [0.29, 0.717) is 6.04 Å². The van der Waals surface area contributed by atoms with Gasteiger partial charge in [0.25, 0.3) is 0 Å². The first-order chi connectivity index (χ1) is 8.77. The molecule has 0 bridgehead atoms. The predicted molar refractivity (Wildman–Crippen MR) is 72.9 cm³/mol. The Bertz CT molecular complexity index is 546. The molecular formula is C14H20N4. The third-order valence-corrected chi connectivity index (χ3v) is 3.97. The van der Waals surface area contributed by atoms with Gasteiger partial charge in [0.2, 0.25) is 0 Å². The lowest BCUT2D eigenvalue weighted by Gasteiger charge is -2.25. The second-order valence-corrected chi connectivity index (χ2v) is 5.20. The van der Waals surface area contributed by atoms with E-state index in [1.165, 1.54) is 35.8 Å². The average Bonchev–Trinajstić information content (AvgIpc) is 2.68. The van der Waals surface area contributed by atoms with Crippen molar-refractivity contribution in [1.82, 2.24) is 15.0 Å². The Morgan fingerprint density at radius 3 is 3.17 bits per heavy atom. The van der Waals surface area contributed by atoms with Crippen LogP contribution in [0.15, 0.2) is 18.5 Å². The second-order valence-electron chi connectivity index (χ2n) is 5.20. The van der Waals surface area contributed by atoms with Gasteiger partial charge in [0.15, 0.2) is 0 Å². The minimum atomic E-state index is 0.323. The third-order valence-electron chi connectivity index (χ3n) is 3.97. The maximum atomic E-state index is 6.21. The molecule has 1 atom stereocenters. The molecule has 0 amide bonds. The lowest BCUT2D eigenvalue weighted by atomic mass is 10.00. The third kappa shape index (κ3) is 1.91. The van der Waals surface area contributed by atoms with Gasteiger partial charge in [-0.2, -0.15) is 0 Å². The van der Waals surface area contributed by atoms with E-state index in [9.17, 15) is 0 Å². The molecule has 1 aliphatic heterocycles. The molecule has 0 saturated carbocycles. The molecule has 1 fully saturated rings. The normalized spacial score (nSPS) is 22.2. The van der Waals surface area contributed by atoms with Crippen LogP contribution in [0.1, 0.15) is 42.9 Å². The van der Waals surface area contributed by atoms with E-state index in [0.717, 1.165) is 18.6 Å². The fourth-order valence-corrected chi connectivity index (χ4v) is 2.98. The van der Waals surface area contributed by atoms with Gasteiger partial charge in [0, 0.05) is 24.3 Å². The summed E-state index contributed by atoms with van der Waals surface area (Å²) in [6, 6.07) is 2.39. The molecule has 4 heteroatoms. The smallest absolute Gasteiger partial charge is 0.137 e. The van der Waals surface area contributed by atoms with Gasteiger partial charge in [-0.25, -0.2) is 9.99 Å². The zero-order chi connectivity index (χ0) is 12.5. The summed E-state index contributed by atoms with van der Waals surface area (Å²) in [5, 5.41) is 3.25. The Hall–Kier alpha value is -1.39. The fraction of sp³-hybridized carbons (Fsp3) is 0.500. The number of hydrazine groups is 1. The van der Waals surface area contributed by atoms with E-state index in [1.54, 1.807) is 0 Å². The van der Waals surface area contributed by atoms with Gasteiger partial charge in [-0.05, 0) is 37.0 Å². The van der Waals surface area contributed by atoms with E-state index in [4.69, 9.17) is 5.84 Å². The Morgan fingerprint density at radius 2 is 2.28 bits per heavy atom. The monoisotopic (exact) mass is 244 g/mol. The molecule has 0 aromatic carbocycles. The molecule has 96 valence electrons. The van der Waals surface area contributed by atoms with Crippen LogP contribution < -0.4 is 5.84 Å². The van der Waals surface area contributed by atoms with Crippen molar-refractivity contribution in [3.8, 4) is 0 Å². The highest BCUT2D eigenvalue weighted by Crippen LogP contribution is 2.33. The summed E-state index contributed by atoms with van der Waals surface area (Å²) in [6.45, 7) is 3.12. The van der Waals surface area contributed by atoms with Gasteiger partial charge in [-0.15, -0.1) is 0 Å². The molecule has 1 aliphatic rings. The van der Waals surface area contributed by atoms with Crippen LogP contribution in [-0.4, -0.2) is 21.5 Å². The molecule has 3 heterocycles. The second kappa shape index (κ2) is 4.71. The van der Waals surface area contributed by atoms with Crippen LogP contribution in [0.5, 0.6) is 0 Å². The number of nitrogens with zero attached hydrogens (tertiary/aromatic N) is 2.